The number of carbonyl (C=O) groups is 1. The summed E-state index contributed by atoms with van der Waals surface area (Å²) in [6.07, 6.45) is 1.71. The van der Waals surface area contributed by atoms with Crippen LogP contribution < -0.4 is 10.6 Å². The Balaban J connectivity index is 2.38. The van der Waals surface area contributed by atoms with E-state index >= 15 is 0 Å². The Morgan fingerprint density at radius 3 is 2.46 bits per heavy atom. The number of methoxy groups -OCH3 is 1. The molecular weight excluding hydrogens is 308 g/mol. The molecule has 1 aliphatic heterocycles. The quantitative estimate of drug-likeness (QED) is 0.438. The van der Waals surface area contributed by atoms with Gasteiger partial charge in [0.1, 0.15) is 5.60 Å². The van der Waals surface area contributed by atoms with E-state index in [9.17, 15) is 4.79 Å². The van der Waals surface area contributed by atoms with Gasteiger partial charge in [0.15, 0.2) is 5.96 Å². The molecule has 140 valence electrons. The molecule has 1 fully saturated rings. The van der Waals surface area contributed by atoms with Crippen molar-refractivity contribution in [2.45, 2.75) is 46.1 Å². The number of piperidine rings is 1. The summed E-state index contributed by atoms with van der Waals surface area (Å²) in [6, 6.07) is 0. The second-order valence-electron chi connectivity index (χ2n) is 7.05. The number of ether oxygens (including phenoxy) is 2. The molecule has 1 heterocycles. The fraction of sp³-hybridized carbons (Fsp3) is 0.882. The first-order valence-corrected chi connectivity index (χ1v) is 8.84. The number of nitrogens with zero attached hydrogens (tertiary/aromatic N) is 2. The molecule has 1 saturated heterocycles. The van der Waals surface area contributed by atoms with Crippen LogP contribution in [0.4, 0.5) is 4.79 Å². The Morgan fingerprint density at radius 1 is 1.25 bits per heavy atom. The van der Waals surface area contributed by atoms with Gasteiger partial charge in [0, 0.05) is 39.8 Å². The average molecular weight is 342 g/mol. The summed E-state index contributed by atoms with van der Waals surface area (Å²) < 4.78 is 10.5. The lowest BCUT2D eigenvalue weighted by atomic mass is 9.97. The lowest BCUT2D eigenvalue weighted by Crippen LogP contribution is -2.42. The predicted molar refractivity (Wildman–Crippen MR) is 96.4 cm³/mol. The van der Waals surface area contributed by atoms with Crippen LogP contribution in [0.2, 0.25) is 0 Å². The number of rotatable bonds is 6. The molecule has 1 aliphatic rings. The van der Waals surface area contributed by atoms with Gasteiger partial charge < -0.3 is 25.0 Å². The summed E-state index contributed by atoms with van der Waals surface area (Å²) in [4.78, 5) is 18.5. The molecule has 1 amide bonds. The van der Waals surface area contributed by atoms with Crippen LogP contribution in [0.15, 0.2) is 4.99 Å². The zero-order chi connectivity index (χ0) is 18.0. The van der Waals surface area contributed by atoms with E-state index in [-0.39, 0.29) is 6.09 Å². The van der Waals surface area contributed by atoms with E-state index in [1.54, 1.807) is 12.0 Å². The molecule has 7 heteroatoms. The number of carbonyl (C=O) groups excluding carboxylic acids is 1. The van der Waals surface area contributed by atoms with Gasteiger partial charge in [0.25, 0.3) is 0 Å². The lowest BCUT2D eigenvalue weighted by molar-refractivity contribution is 0.0187. The number of hydrogen-bond donors (Lipinski definition) is 2. The van der Waals surface area contributed by atoms with E-state index in [1.165, 1.54) is 0 Å². The minimum absolute atomic E-state index is 0.209. The summed E-state index contributed by atoms with van der Waals surface area (Å²) in [5.74, 6) is 1.32. The van der Waals surface area contributed by atoms with Crippen molar-refractivity contribution >= 4 is 12.1 Å². The lowest BCUT2D eigenvalue weighted by Gasteiger charge is -2.33. The van der Waals surface area contributed by atoms with Crippen molar-refractivity contribution in [2.24, 2.45) is 10.9 Å². The molecule has 0 radical (unpaired) electrons. The van der Waals surface area contributed by atoms with Crippen molar-refractivity contribution in [3.63, 3.8) is 0 Å². The second kappa shape index (κ2) is 10.4. The van der Waals surface area contributed by atoms with Gasteiger partial charge in [-0.2, -0.15) is 0 Å². The number of guanidine groups is 1. The third kappa shape index (κ3) is 8.38. The topological polar surface area (TPSA) is 75.2 Å². The van der Waals surface area contributed by atoms with Gasteiger partial charge in [0.05, 0.1) is 6.61 Å². The van der Waals surface area contributed by atoms with Crippen molar-refractivity contribution in [1.29, 1.82) is 0 Å². The molecule has 0 spiro atoms. The van der Waals surface area contributed by atoms with E-state index in [0.29, 0.717) is 12.5 Å². The Bertz CT molecular complexity index is 399. The molecular formula is C17H34N4O3. The standard InChI is InChI=1S/C17H34N4O3/c1-6-18-15(19-9-12-23-5)20-13-14-7-10-21(11-8-14)16(22)24-17(2,3)4/h14H,6-13H2,1-5H3,(H2,18,19,20). The van der Waals surface area contributed by atoms with Crippen LogP contribution in [0.1, 0.15) is 40.5 Å². The van der Waals surface area contributed by atoms with Gasteiger partial charge in [-0.15, -0.1) is 0 Å². The van der Waals surface area contributed by atoms with E-state index in [0.717, 1.165) is 51.5 Å². The Hall–Kier alpha value is -1.50. The number of nitrogens with one attached hydrogen (secondary N) is 2. The van der Waals surface area contributed by atoms with Crippen LogP contribution >= 0.6 is 0 Å². The van der Waals surface area contributed by atoms with Crippen LogP contribution in [-0.4, -0.2) is 69.0 Å². The molecule has 0 bridgehead atoms. The highest BCUT2D eigenvalue weighted by Gasteiger charge is 2.26. The Labute approximate surface area is 146 Å². The van der Waals surface area contributed by atoms with Gasteiger partial charge in [-0.3, -0.25) is 4.99 Å². The SMILES string of the molecule is CCNC(=NCC1CCN(C(=O)OC(C)(C)C)CC1)NCCOC. The van der Waals surface area contributed by atoms with Crippen molar-refractivity contribution in [1.82, 2.24) is 15.5 Å². The summed E-state index contributed by atoms with van der Waals surface area (Å²) >= 11 is 0. The second-order valence-corrected chi connectivity index (χ2v) is 7.05. The van der Waals surface area contributed by atoms with Gasteiger partial charge in [-0.1, -0.05) is 0 Å². The fourth-order valence-electron chi connectivity index (χ4n) is 2.46. The molecule has 0 aromatic heterocycles. The van der Waals surface area contributed by atoms with Crippen molar-refractivity contribution in [2.75, 3.05) is 46.4 Å². The third-order valence-electron chi connectivity index (χ3n) is 3.72. The minimum atomic E-state index is -0.438. The highest BCUT2D eigenvalue weighted by Crippen LogP contribution is 2.19. The molecule has 2 N–H and O–H groups in total. The minimum Gasteiger partial charge on any atom is -0.444 e. The average Bonchev–Trinajstić information content (AvgIpc) is 2.51. The monoisotopic (exact) mass is 342 g/mol. The predicted octanol–water partition coefficient (Wildman–Crippen LogP) is 1.83. The van der Waals surface area contributed by atoms with Crippen LogP contribution in [0.3, 0.4) is 0 Å². The van der Waals surface area contributed by atoms with Crippen molar-refractivity contribution < 1.29 is 14.3 Å². The normalized spacial score (nSPS) is 16.9. The first-order chi connectivity index (χ1) is 11.4. The highest BCUT2D eigenvalue weighted by atomic mass is 16.6. The smallest absolute Gasteiger partial charge is 0.410 e. The summed E-state index contributed by atoms with van der Waals surface area (Å²) in [5.41, 5.74) is -0.438. The molecule has 0 unspecified atom stereocenters. The van der Waals surface area contributed by atoms with E-state index in [1.807, 2.05) is 27.7 Å². The number of hydrogen-bond acceptors (Lipinski definition) is 4. The maximum Gasteiger partial charge on any atom is 0.410 e. The molecule has 24 heavy (non-hydrogen) atoms. The van der Waals surface area contributed by atoms with E-state index < -0.39 is 5.60 Å². The van der Waals surface area contributed by atoms with Crippen LogP contribution in [-0.2, 0) is 9.47 Å². The number of likely N-dealkylation sites (tertiary alicyclic amines) is 1. The van der Waals surface area contributed by atoms with Gasteiger partial charge in [-0.05, 0) is 46.5 Å². The Kier molecular flexibility index (Phi) is 8.89. The first-order valence-electron chi connectivity index (χ1n) is 8.84. The van der Waals surface area contributed by atoms with E-state index in [4.69, 9.17) is 9.47 Å². The largest absolute Gasteiger partial charge is 0.444 e. The number of aliphatic imine (C=N–C) groups is 1. The first kappa shape index (κ1) is 20.5. The summed E-state index contributed by atoms with van der Waals surface area (Å²) in [5, 5.41) is 6.48. The zero-order valence-electron chi connectivity index (χ0n) is 15.9. The molecule has 0 aliphatic carbocycles. The maximum absolute atomic E-state index is 12.1. The molecule has 0 atom stereocenters. The Morgan fingerprint density at radius 2 is 1.92 bits per heavy atom. The molecule has 7 nitrogen and oxygen atoms in total. The van der Waals surface area contributed by atoms with Gasteiger partial charge in [0.2, 0.25) is 0 Å². The molecule has 0 aromatic carbocycles. The third-order valence-corrected chi connectivity index (χ3v) is 3.72. The van der Waals surface area contributed by atoms with Gasteiger partial charge >= 0.3 is 6.09 Å². The maximum atomic E-state index is 12.1. The molecule has 1 rings (SSSR count). The van der Waals surface area contributed by atoms with Crippen LogP contribution in [0.25, 0.3) is 0 Å². The summed E-state index contributed by atoms with van der Waals surface area (Å²) in [7, 11) is 1.68. The molecule has 0 saturated carbocycles. The zero-order valence-corrected chi connectivity index (χ0v) is 15.9. The molecule has 0 aromatic rings. The number of amides is 1. The van der Waals surface area contributed by atoms with E-state index in [2.05, 4.69) is 15.6 Å². The van der Waals surface area contributed by atoms with Crippen molar-refractivity contribution in [3.05, 3.63) is 0 Å². The summed E-state index contributed by atoms with van der Waals surface area (Å²) in [6.45, 7) is 12.2. The van der Waals surface area contributed by atoms with Crippen molar-refractivity contribution in [3.8, 4) is 0 Å². The van der Waals surface area contributed by atoms with Gasteiger partial charge in [-0.25, -0.2) is 4.79 Å². The fourth-order valence-corrected chi connectivity index (χ4v) is 2.46. The van der Waals surface area contributed by atoms with Crippen LogP contribution in [0.5, 0.6) is 0 Å². The van der Waals surface area contributed by atoms with Crippen LogP contribution in [0, 0.1) is 5.92 Å². The highest BCUT2D eigenvalue weighted by molar-refractivity contribution is 5.79.